The number of hydrogen-bond acceptors (Lipinski definition) is 3. The van der Waals surface area contributed by atoms with Crippen molar-refractivity contribution in [2.24, 2.45) is 28.1 Å². The lowest BCUT2D eigenvalue weighted by Crippen LogP contribution is -2.58. The molecule has 1 aliphatic heterocycles. The Morgan fingerprint density at radius 2 is 1.93 bits per heavy atom. The van der Waals surface area contributed by atoms with Gasteiger partial charge in [0, 0.05) is 0 Å². The highest BCUT2D eigenvalue weighted by molar-refractivity contribution is 5.91. The maximum atomic E-state index is 11.9. The lowest BCUT2D eigenvalue weighted by atomic mass is 9.38. The molecular weight excluding hydrogens is 336 g/mol. The van der Waals surface area contributed by atoms with Gasteiger partial charge in [0.05, 0.1) is 5.57 Å². The van der Waals surface area contributed by atoms with Crippen LogP contribution in [0.1, 0.15) is 78.6 Å². The number of carbonyl (C=O) groups excluding carboxylic acids is 1. The third kappa shape index (κ3) is 2.75. The first-order valence-corrected chi connectivity index (χ1v) is 10.9. The van der Waals surface area contributed by atoms with Crippen LogP contribution in [0.5, 0.6) is 0 Å². The monoisotopic (exact) mass is 372 g/mol. The number of aliphatic hydroxyl groups is 1. The van der Waals surface area contributed by atoms with Gasteiger partial charge in [0.2, 0.25) is 0 Å². The van der Waals surface area contributed by atoms with Gasteiger partial charge in [-0.1, -0.05) is 51.8 Å². The van der Waals surface area contributed by atoms with Crippen molar-refractivity contribution in [3.8, 4) is 0 Å². The molecule has 1 N–H and O–H groups in total. The normalized spacial score (nSPS) is 48.9. The number of esters is 1. The van der Waals surface area contributed by atoms with E-state index in [2.05, 4.69) is 27.4 Å². The number of rotatable bonds is 2. The van der Waals surface area contributed by atoms with Crippen LogP contribution in [-0.2, 0) is 9.53 Å². The molecule has 4 aliphatic rings. The van der Waals surface area contributed by atoms with Gasteiger partial charge < -0.3 is 9.84 Å². The molecule has 27 heavy (non-hydrogen) atoms. The number of aliphatic hydroxyl groups excluding tert-OH is 1. The summed E-state index contributed by atoms with van der Waals surface area (Å²) in [7, 11) is 0. The Morgan fingerprint density at radius 1 is 1.19 bits per heavy atom. The van der Waals surface area contributed by atoms with Gasteiger partial charge in [-0.25, -0.2) is 4.79 Å². The van der Waals surface area contributed by atoms with E-state index in [1.165, 1.54) is 50.5 Å². The van der Waals surface area contributed by atoms with E-state index in [0.29, 0.717) is 22.3 Å². The quantitative estimate of drug-likeness (QED) is 0.412. The minimum atomic E-state index is -0.761. The number of hydrogen-bond donors (Lipinski definition) is 1. The molecule has 0 unspecified atom stereocenters. The molecule has 3 saturated carbocycles. The first-order chi connectivity index (χ1) is 12.7. The lowest BCUT2D eigenvalue weighted by Gasteiger charge is -2.67. The average molecular weight is 373 g/mol. The molecule has 0 aromatic rings. The van der Waals surface area contributed by atoms with Gasteiger partial charge in [0.1, 0.15) is 12.7 Å². The molecular formula is C24H36O3. The summed E-state index contributed by atoms with van der Waals surface area (Å²) in [6.07, 6.45) is 12.4. The predicted molar refractivity (Wildman–Crippen MR) is 107 cm³/mol. The fourth-order valence-electron chi connectivity index (χ4n) is 7.45. The number of fused-ring (bicyclic) bond motifs is 3. The molecule has 3 heteroatoms. The maximum Gasteiger partial charge on any atom is 0.336 e. The third-order valence-corrected chi connectivity index (χ3v) is 9.42. The van der Waals surface area contributed by atoms with Gasteiger partial charge >= 0.3 is 5.97 Å². The Kier molecular flexibility index (Phi) is 4.61. The molecule has 1 heterocycles. The van der Waals surface area contributed by atoms with Gasteiger partial charge in [-0.05, 0) is 73.0 Å². The molecule has 3 aliphatic carbocycles. The van der Waals surface area contributed by atoms with Crippen LogP contribution in [0.15, 0.2) is 23.8 Å². The Morgan fingerprint density at radius 3 is 2.63 bits per heavy atom. The standard InChI is InChI=1S/C24H36O3/c1-16-7-10-20-23(3,14-13-22(2)11-5-6-12-24(20,22)4)18(16)9-8-17-19(25)15-27-21(17)26/h8,18-20,25H,1,5-7,9-15H2,2-4H3/b17-8+/t18-,19-,20+,22-,23+,24+/m1/s1. The summed E-state index contributed by atoms with van der Waals surface area (Å²) in [4.78, 5) is 11.9. The van der Waals surface area contributed by atoms with E-state index in [-0.39, 0.29) is 18.0 Å². The fraction of sp³-hybridized carbons (Fsp3) is 0.792. The van der Waals surface area contributed by atoms with Gasteiger partial charge in [0.25, 0.3) is 0 Å². The van der Waals surface area contributed by atoms with Crippen LogP contribution in [0, 0.1) is 28.1 Å². The average Bonchev–Trinajstić information content (AvgIpc) is 2.94. The van der Waals surface area contributed by atoms with Gasteiger partial charge in [-0.15, -0.1) is 0 Å². The molecule has 4 fully saturated rings. The van der Waals surface area contributed by atoms with Crippen LogP contribution in [0.25, 0.3) is 0 Å². The highest BCUT2D eigenvalue weighted by atomic mass is 16.6. The van der Waals surface area contributed by atoms with Crippen molar-refractivity contribution in [3.05, 3.63) is 23.8 Å². The van der Waals surface area contributed by atoms with E-state index in [1.54, 1.807) is 0 Å². The zero-order valence-corrected chi connectivity index (χ0v) is 17.4. The topological polar surface area (TPSA) is 46.5 Å². The zero-order chi connectivity index (χ0) is 19.4. The molecule has 4 rings (SSSR count). The van der Waals surface area contributed by atoms with Crippen LogP contribution in [0.4, 0.5) is 0 Å². The predicted octanol–water partition coefficient (Wildman–Crippen LogP) is 5.19. The van der Waals surface area contributed by atoms with Crippen LogP contribution in [-0.4, -0.2) is 23.8 Å². The molecule has 0 radical (unpaired) electrons. The highest BCUT2D eigenvalue weighted by Gasteiger charge is 2.61. The summed E-state index contributed by atoms with van der Waals surface area (Å²) in [5.74, 6) is 0.771. The third-order valence-electron chi connectivity index (χ3n) is 9.42. The molecule has 1 saturated heterocycles. The smallest absolute Gasteiger partial charge is 0.336 e. The van der Waals surface area contributed by atoms with Crippen molar-refractivity contribution in [1.29, 1.82) is 0 Å². The Labute approximate surface area is 164 Å². The van der Waals surface area contributed by atoms with Crippen LogP contribution in [0.3, 0.4) is 0 Å². The number of allylic oxidation sites excluding steroid dienone is 2. The van der Waals surface area contributed by atoms with Gasteiger partial charge in [-0.3, -0.25) is 0 Å². The summed E-state index contributed by atoms with van der Waals surface area (Å²) in [6.45, 7) is 12.2. The summed E-state index contributed by atoms with van der Waals surface area (Å²) in [5.41, 5.74) is 2.93. The molecule has 6 atom stereocenters. The minimum absolute atomic E-state index is 0.104. The molecule has 0 spiro atoms. The second-order valence-corrected chi connectivity index (χ2v) is 10.5. The second kappa shape index (κ2) is 6.47. The van der Waals surface area contributed by atoms with Crippen LogP contribution >= 0.6 is 0 Å². The second-order valence-electron chi connectivity index (χ2n) is 10.5. The minimum Gasteiger partial charge on any atom is -0.459 e. The van der Waals surface area contributed by atoms with Crippen LogP contribution < -0.4 is 0 Å². The first-order valence-electron chi connectivity index (χ1n) is 10.9. The first kappa shape index (κ1) is 19.2. The van der Waals surface area contributed by atoms with E-state index in [4.69, 9.17) is 4.74 Å². The van der Waals surface area contributed by atoms with E-state index in [9.17, 15) is 9.90 Å². The maximum absolute atomic E-state index is 11.9. The number of carbonyl (C=O) groups is 1. The number of cyclic esters (lactones) is 1. The lowest BCUT2D eigenvalue weighted by molar-refractivity contribution is -0.161. The van der Waals surface area contributed by atoms with E-state index in [0.717, 1.165) is 18.8 Å². The number of ether oxygens (including phenoxy) is 1. The van der Waals surface area contributed by atoms with Crippen molar-refractivity contribution < 1.29 is 14.6 Å². The molecule has 0 bridgehead atoms. The molecule has 0 amide bonds. The van der Waals surface area contributed by atoms with Crippen molar-refractivity contribution >= 4 is 5.97 Å². The Bertz CT molecular complexity index is 679. The van der Waals surface area contributed by atoms with Crippen molar-refractivity contribution in [2.75, 3.05) is 6.61 Å². The van der Waals surface area contributed by atoms with Gasteiger partial charge in [0.15, 0.2) is 0 Å². The zero-order valence-electron chi connectivity index (χ0n) is 17.4. The van der Waals surface area contributed by atoms with Crippen LogP contribution in [0.2, 0.25) is 0 Å². The SMILES string of the molecule is C=C1CC[C@H]2[C@@](C)(CC[C@@]3(C)CCCC[C@@]23C)[C@@H]1C/C=C1/C(=O)OC[C@H]1O. The largest absolute Gasteiger partial charge is 0.459 e. The molecule has 150 valence electrons. The van der Waals surface area contributed by atoms with Crippen molar-refractivity contribution in [2.45, 2.75) is 84.7 Å². The van der Waals surface area contributed by atoms with Crippen molar-refractivity contribution in [3.63, 3.8) is 0 Å². The van der Waals surface area contributed by atoms with Gasteiger partial charge in [-0.2, -0.15) is 0 Å². The van der Waals surface area contributed by atoms with E-state index in [1.807, 2.05) is 6.08 Å². The summed E-state index contributed by atoms with van der Waals surface area (Å²) in [5, 5.41) is 10.0. The Balaban J connectivity index is 1.64. The fourth-order valence-corrected chi connectivity index (χ4v) is 7.45. The van der Waals surface area contributed by atoms with E-state index >= 15 is 0 Å². The molecule has 0 aromatic heterocycles. The summed E-state index contributed by atoms with van der Waals surface area (Å²) >= 11 is 0. The highest BCUT2D eigenvalue weighted by Crippen LogP contribution is 2.70. The Hall–Kier alpha value is -1.09. The summed E-state index contributed by atoms with van der Waals surface area (Å²) < 4.78 is 5.00. The van der Waals surface area contributed by atoms with Crippen molar-refractivity contribution in [1.82, 2.24) is 0 Å². The molecule has 3 nitrogen and oxygen atoms in total. The summed E-state index contributed by atoms with van der Waals surface area (Å²) in [6, 6.07) is 0. The molecule has 0 aromatic carbocycles. The van der Waals surface area contributed by atoms with E-state index < -0.39 is 6.10 Å².